The molecule has 0 aromatic rings. The van der Waals surface area contributed by atoms with Gasteiger partial charge in [0.15, 0.2) is 0 Å². The number of nitrogens with one attached hydrogen (secondary N) is 1. The monoisotopic (exact) mass is 149 g/mol. The van der Waals surface area contributed by atoms with Crippen LogP contribution in [0.4, 0.5) is 0 Å². The summed E-state index contributed by atoms with van der Waals surface area (Å²) in [6.07, 6.45) is 3.99. The van der Waals surface area contributed by atoms with Crippen LogP contribution in [0.15, 0.2) is 0 Å². The Morgan fingerprint density at radius 1 is 1.33 bits per heavy atom. The van der Waals surface area contributed by atoms with Gasteiger partial charge in [-0.05, 0) is 24.6 Å². The molecule has 0 radical (unpaired) electrons. The summed E-state index contributed by atoms with van der Waals surface area (Å²) < 4.78 is 0. The molecule has 0 aromatic heterocycles. The van der Waals surface area contributed by atoms with Crippen LogP contribution in [0.25, 0.3) is 0 Å². The smallest absolute Gasteiger partial charge is 0.0705 e. The Hall–Kier alpha value is 0.210. The standard InChI is InChI=1S/C6H12ClNO/c7-8-5-3-1-2-4-6(5)9/h5-6,8-9H,1-4H2/t5-,6+/m0/s1. The molecule has 0 bridgehead atoms. The fraction of sp³-hybridized carbons (Fsp3) is 1.00. The van der Waals surface area contributed by atoms with E-state index < -0.39 is 0 Å². The molecule has 2 atom stereocenters. The van der Waals surface area contributed by atoms with Crippen molar-refractivity contribution in [3.05, 3.63) is 0 Å². The van der Waals surface area contributed by atoms with Gasteiger partial charge in [-0.2, -0.15) is 0 Å². The maximum absolute atomic E-state index is 9.22. The Morgan fingerprint density at radius 3 is 2.44 bits per heavy atom. The Bertz CT molecular complexity index is 89.1. The minimum Gasteiger partial charge on any atom is -0.391 e. The molecule has 0 aromatic carbocycles. The summed E-state index contributed by atoms with van der Waals surface area (Å²) in [5, 5.41) is 9.22. The van der Waals surface area contributed by atoms with Gasteiger partial charge in [-0.1, -0.05) is 12.8 Å². The number of aliphatic hydroxyl groups is 1. The highest BCUT2D eigenvalue weighted by Gasteiger charge is 2.21. The van der Waals surface area contributed by atoms with Gasteiger partial charge in [0.2, 0.25) is 0 Å². The lowest BCUT2D eigenvalue weighted by atomic mass is 9.93. The van der Waals surface area contributed by atoms with Crippen molar-refractivity contribution in [2.24, 2.45) is 0 Å². The van der Waals surface area contributed by atoms with Crippen molar-refractivity contribution < 1.29 is 5.11 Å². The van der Waals surface area contributed by atoms with Crippen molar-refractivity contribution in [2.75, 3.05) is 0 Å². The van der Waals surface area contributed by atoms with Gasteiger partial charge < -0.3 is 5.11 Å². The van der Waals surface area contributed by atoms with E-state index in [-0.39, 0.29) is 12.1 Å². The van der Waals surface area contributed by atoms with E-state index in [4.69, 9.17) is 11.8 Å². The zero-order chi connectivity index (χ0) is 6.69. The highest BCUT2D eigenvalue weighted by atomic mass is 35.5. The average Bonchev–Trinajstić information content (AvgIpc) is 1.89. The van der Waals surface area contributed by atoms with Crippen molar-refractivity contribution in [3.63, 3.8) is 0 Å². The highest BCUT2D eigenvalue weighted by Crippen LogP contribution is 2.18. The predicted molar refractivity (Wildman–Crippen MR) is 37.3 cm³/mol. The van der Waals surface area contributed by atoms with E-state index in [1.165, 1.54) is 6.42 Å². The van der Waals surface area contributed by atoms with Crippen LogP contribution < -0.4 is 4.84 Å². The Kier molecular flexibility index (Phi) is 2.76. The van der Waals surface area contributed by atoms with Gasteiger partial charge in [-0.15, -0.1) is 0 Å². The van der Waals surface area contributed by atoms with Crippen LogP contribution in [-0.4, -0.2) is 17.3 Å². The zero-order valence-corrected chi connectivity index (χ0v) is 6.06. The molecule has 2 nitrogen and oxygen atoms in total. The van der Waals surface area contributed by atoms with Gasteiger partial charge >= 0.3 is 0 Å². The van der Waals surface area contributed by atoms with Crippen LogP contribution in [0.5, 0.6) is 0 Å². The SMILES string of the molecule is O[C@@H]1CCCC[C@@H]1NCl. The third-order valence-corrected chi connectivity index (χ3v) is 2.15. The van der Waals surface area contributed by atoms with Crippen LogP contribution in [-0.2, 0) is 0 Å². The van der Waals surface area contributed by atoms with Crippen LogP contribution in [0, 0.1) is 0 Å². The normalized spacial score (nSPS) is 36.7. The van der Waals surface area contributed by atoms with Gasteiger partial charge in [-0.3, -0.25) is 0 Å². The minimum atomic E-state index is -0.226. The highest BCUT2D eigenvalue weighted by molar-refractivity contribution is 6.13. The molecule has 1 fully saturated rings. The molecule has 0 spiro atoms. The lowest BCUT2D eigenvalue weighted by Gasteiger charge is -2.25. The third kappa shape index (κ3) is 1.81. The Morgan fingerprint density at radius 2 is 2.00 bits per heavy atom. The van der Waals surface area contributed by atoms with E-state index in [0.29, 0.717) is 0 Å². The molecule has 9 heavy (non-hydrogen) atoms. The van der Waals surface area contributed by atoms with E-state index in [2.05, 4.69) is 4.84 Å². The fourth-order valence-corrected chi connectivity index (χ4v) is 1.49. The molecule has 0 unspecified atom stereocenters. The summed E-state index contributed by atoms with van der Waals surface area (Å²) >= 11 is 5.37. The van der Waals surface area contributed by atoms with E-state index in [1.54, 1.807) is 0 Å². The summed E-state index contributed by atoms with van der Waals surface area (Å²) in [7, 11) is 0. The molecule has 0 aliphatic heterocycles. The largest absolute Gasteiger partial charge is 0.391 e. The van der Waals surface area contributed by atoms with Crippen molar-refractivity contribution in [1.29, 1.82) is 0 Å². The molecular weight excluding hydrogens is 138 g/mol. The second-order valence-electron chi connectivity index (χ2n) is 2.57. The van der Waals surface area contributed by atoms with Gasteiger partial charge in [0.25, 0.3) is 0 Å². The first-order valence-corrected chi connectivity index (χ1v) is 3.76. The average molecular weight is 150 g/mol. The van der Waals surface area contributed by atoms with Crippen LogP contribution in [0.3, 0.4) is 0 Å². The van der Waals surface area contributed by atoms with Gasteiger partial charge in [0.1, 0.15) is 0 Å². The van der Waals surface area contributed by atoms with E-state index in [1.807, 2.05) is 0 Å². The van der Waals surface area contributed by atoms with E-state index in [9.17, 15) is 5.11 Å². The molecule has 1 aliphatic carbocycles. The van der Waals surface area contributed by atoms with Crippen molar-refractivity contribution in [3.8, 4) is 0 Å². The number of halogens is 1. The summed E-state index contributed by atoms with van der Waals surface area (Å²) in [4.78, 5) is 2.58. The molecule has 0 saturated heterocycles. The maximum atomic E-state index is 9.22. The van der Waals surface area contributed by atoms with E-state index >= 15 is 0 Å². The Labute approximate surface area is 60.3 Å². The quantitative estimate of drug-likeness (QED) is 0.546. The molecule has 2 N–H and O–H groups in total. The first-order chi connectivity index (χ1) is 4.34. The second-order valence-corrected chi connectivity index (χ2v) is 2.79. The van der Waals surface area contributed by atoms with Crippen molar-refractivity contribution in [2.45, 2.75) is 37.8 Å². The summed E-state index contributed by atoms with van der Waals surface area (Å²) in [6.45, 7) is 0. The molecule has 1 saturated carbocycles. The first kappa shape index (κ1) is 7.32. The molecule has 3 heteroatoms. The number of aliphatic hydroxyl groups excluding tert-OH is 1. The van der Waals surface area contributed by atoms with Gasteiger partial charge in [0.05, 0.1) is 6.10 Å². The first-order valence-electron chi connectivity index (χ1n) is 3.39. The third-order valence-electron chi connectivity index (χ3n) is 1.87. The van der Waals surface area contributed by atoms with Crippen LogP contribution in [0.2, 0.25) is 0 Å². The van der Waals surface area contributed by atoms with E-state index in [0.717, 1.165) is 19.3 Å². The number of rotatable bonds is 1. The second kappa shape index (κ2) is 3.40. The zero-order valence-electron chi connectivity index (χ0n) is 5.31. The molecule has 0 amide bonds. The Balaban J connectivity index is 2.30. The number of hydrogen-bond acceptors (Lipinski definition) is 2. The lowest BCUT2D eigenvalue weighted by Crippen LogP contribution is -2.37. The summed E-state index contributed by atoms with van der Waals surface area (Å²) in [5.41, 5.74) is 0. The lowest BCUT2D eigenvalue weighted by molar-refractivity contribution is 0.102. The molecule has 1 aliphatic rings. The maximum Gasteiger partial charge on any atom is 0.0705 e. The number of hydrogen-bond donors (Lipinski definition) is 2. The summed E-state index contributed by atoms with van der Waals surface area (Å²) in [5.74, 6) is 0. The van der Waals surface area contributed by atoms with Crippen molar-refractivity contribution >= 4 is 11.8 Å². The predicted octanol–water partition coefficient (Wildman–Crippen LogP) is 1.03. The van der Waals surface area contributed by atoms with Gasteiger partial charge in [0, 0.05) is 6.04 Å². The fourth-order valence-electron chi connectivity index (χ4n) is 1.24. The van der Waals surface area contributed by atoms with Crippen molar-refractivity contribution in [1.82, 2.24) is 4.84 Å². The molecule has 0 heterocycles. The van der Waals surface area contributed by atoms with Crippen LogP contribution >= 0.6 is 11.8 Å². The minimum absolute atomic E-state index is 0.125. The molecule has 1 rings (SSSR count). The summed E-state index contributed by atoms with van der Waals surface area (Å²) in [6, 6.07) is 0.125. The molecular formula is C6H12ClNO. The topological polar surface area (TPSA) is 32.3 Å². The van der Waals surface area contributed by atoms with Crippen LogP contribution in [0.1, 0.15) is 25.7 Å². The van der Waals surface area contributed by atoms with Gasteiger partial charge in [-0.25, -0.2) is 4.84 Å². The molecule has 54 valence electrons.